The van der Waals surface area contributed by atoms with Gasteiger partial charge in [-0.3, -0.25) is 13.6 Å². The molecule has 4 aromatic carbocycles. The summed E-state index contributed by atoms with van der Waals surface area (Å²) >= 11 is 14.0. The van der Waals surface area contributed by atoms with Crippen LogP contribution in [0.15, 0.2) is 108 Å². The molecule has 0 spiro atoms. The molecule has 1 aromatic heterocycles. The Balaban J connectivity index is 1.50. The van der Waals surface area contributed by atoms with E-state index in [1.54, 1.807) is 18.4 Å². The quantitative estimate of drug-likeness (QED) is 0.162. The van der Waals surface area contributed by atoms with Gasteiger partial charge in [-0.1, -0.05) is 66.7 Å². The van der Waals surface area contributed by atoms with Gasteiger partial charge in [-0.05, 0) is 47.0 Å². The first-order valence-corrected chi connectivity index (χ1v) is 13.9. The predicted molar refractivity (Wildman–Crippen MR) is 162 cm³/mol. The van der Waals surface area contributed by atoms with Crippen molar-refractivity contribution < 1.29 is 19.4 Å². The van der Waals surface area contributed by atoms with E-state index >= 15 is 0 Å². The van der Waals surface area contributed by atoms with Crippen LogP contribution in [-0.4, -0.2) is 29.3 Å². The van der Waals surface area contributed by atoms with Crippen LogP contribution in [0.4, 0.5) is 17.1 Å². The Morgan fingerprint density at radius 1 is 0.805 bits per heavy atom. The normalized spacial score (nSPS) is 15.8. The Bertz CT molecular complexity index is 1680. The summed E-state index contributed by atoms with van der Waals surface area (Å²) in [6.45, 7) is -0.513. The lowest BCUT2D eigenvalue weighted by Crippen LogP contribution is -2.25. The number of rotatable bonds is 9. The third kappa shape index (κ3) is 5.02. The molecule has 3 N–H and O–H groups in total. The number of carbonyl (C=O) groups excluding carboxylic acids is 1. The number of aliphatic hydroxyl groups is 2. The minimum absolute atomic E-state index is 0.213. The van der Waals surface area contributed by atoms with E-state index in [4.69, 9.17) is 28.0 Å². The number of hydrogen-bond acceptors (Lipinski definition) is 6. The number of amides is 1. The number of anilines is 3. The first-order chi connectivity index (χ1) is 20.0. The Morgan fingerprint density at radius 2 is 1.44 bits per heavy atom. The highest BCUT2D eigenvalue weighted by Gasteiger charge is 2.38. The molecule has 0 bridgehead atoms. The fraction of sp³-hybridized carbons (Fsp3) is 0.156. The average Bonchev–Trinajstić information content (AvgIpc) is 3.61. The number of nitrogens with one attached hydrogen (secondary N) is 1. The van der Waals surface area contributed by atoms with Crippen LogP contribution in [0.25, 0.3) is 11.0 Å². The smallest absolute Gasteiger partial charge is 0.236 e. The number of fused-ring (bicyclic) bond motifs is 2. The lowest BCUT2D eigenvalue weighted by Gasteiger charge is -2.31. The molecule has 7 nitrogen and oxygen atoms in total. The molecule has 2 heterocycles. The highest BCUT2D eigenvalue weighted by molar-refractivity contribution is 6.28. The second-order valence-corrected chi connectivity index (χ2v) is 10.6. The maximum atomic E-state index is 13.6. The summed E-state index contributed by atoms with van der Waals surface area (Å²) in [4.78, 5) is 13.6. The molecule has 208 valence electrons. The van der Waals surface area contributed by atoms with Gasteiger partial charge in [0, 0.05) is 40.2 Å². The van der Waals surface area contributed by atoms with Crippen LogP contribution in [0.2, 0.25) is 0 Å². The molecule has 0 fully saturated rings. The summed E-state index contributed by atoms with van der Waals surface area (Å²) in [5, 5.41) is 24.6. The lowest BCUT2D eigenvalue weighted by atomic mass is 9.90. The summed E-state index contributed by atoms with van der Waals surface area (Å²) in [5.41, 5.74) is 5.36. The molecule has 1 unspecified atom stereocenters. The average molecular weight is 588 g/mol. The first-order valence-electron chi connectivity index (χ1n) is 13.2. The van der Waals surface area contributed by atoms with Crippen molar-refractivity contribution in [1.82, 2.24) is 0 Å². The highest BCUT2D eigenvalue weighted by atomic mass is 35.5. The van der Waals surface area contributed by atoms with Crippen molar-refractivity contribution in [3.63, 3.8) is 0 Å². The number of hydrogen-bond donors (Lipinski definition) is 3. The number of benzene rings is 4. The summed E-state index contributed by atoms with van der Waals surface area (Å²) in [6.07, 6.45) is 1.61. The number of furan rings is 1. The van der Waals surface area contributed by atoms with Crippen molar-refractivity contribution in [3.8, 4) is 0 Å². The summed E-state index contributed by atoms with van der Waals surface area (Å²) in [5.74, 6) is -0.884. The van der Waals surface area contributed by atoms with Crippen molar-refractivity contribution in [2.24, 2.45) is 0 Å². The highest BCUT2D eigenvalue weighted by Crippen LogP contribution is 2.49. The SMILES string of the molecule is O=C1Nc2cc(N(Cl)[C@H](CO)c3ccccc3)cc(N(Cl)[C@H](CO)c3ccccc3)c2C1c1ccc2occc2c1. The predicted octanol–water partition coefficient (Wildman–Crippen LogP) is 6.90. The standard InChI is InChI=1S/C32H27Cl2N3O4/c33-36(27(18-38)20-7-3-1-4-8-20)24-16-25-31(26(17-24)37(34)28(19-39)21-9-5-2-6-10-21)30(32(40)35-25)23-11-12-29-22(15-23)13-14-41-29/h1-17,27-28,30,38-39H,18-19H2,(H,35,40)/t27-,28-,30?/m1/s1. The van der Waals surface area contributed by atoms with Gasteiger partial charge in [-0.15, -0.1) is 0 Å². The molecule has 1 aliphatic rings. The zero-order valence-electron chi connectivity index (χ0n) is 21.8. The molecular weight excluding hydrogens is 561 g/mol. The van der Waals surface area contributed by atoms with Crippen LogP contribution in [0, 0.1) is 0 Å². The lowest BCUT2D eigenvalue weighted by molar-refractivity contribution is -0.116. The van der Waals surface area contributed by atoms with E-state index in [9.17, 15) is 15.0 Å². The number of halogens is 2. The van der Waals surface area contributed by atoms with E-state index in [0.717, 1.165) is 27.7 Å². The Labute approximate surface area is 247 Å². The topological polar surface area (TPSA) is 89.2 Å². The van der Waals surface area contributed by atoms with Crippen LogP contribution in [-0.2, 0) is 4.79 Å². The number of carbonyl (C=O) groups is 1. The minimum atomic E-state index is -0.670. The van der Waals surface area contributed by atoms with E-state index in [-0.39, 0.29) is 19.1 Å². The third-order valence-electron chi connectivity index (χ3n) is 7.50. The summed E-state index contributed by atoms with van der Waals surface area (Å²) in [7, 11) is 0. The van der Waals surface area contributed by atoms with Crippen molar-refractivity contribution in [2.45, 2.75) is 18.0 Å². The van der Waals surface area contributed by atoms with Gasteiger partial charge in [0.05, 0.1) is 48.9 Å². The van der Waals surface area contributed by atoms with Crippen molar-refractivity contribution in [2.75, 3.05) is 27.4 Å². The van der Waals surface area contributed by atoms with Gasteiger partial charge in [-0.25, -0.2) is 0 Å². The molecule has 9 heteroatoms. The Morgan fingerprint density at radius 3 is 2.07 bits per heavy atom. The van der Waals surface area contributed by atoms with Gasteiger partial charge < -0.3 is 19.9 Å². The minimum Gasteiger partial charge on any atom is -0.464 e. The number of aliphatic hydroxyl groups excluding tert-OH is 2. The Kier molecular flexibility index (Phi) is 7.60. The molecule has 0 aliphatic carbocycles. The van der Waals surface area contributed by atoms with Crippen LogP contribution in [0.1, 0.15) is 40.3 Å². The molecule has 3 atom stereocenters. The molecule has 0 saturated heterocycles. The van der Waals surface area contributed by atoms with Gasteiger partial charge >= 0.3 is 0 Å². The van der Waals surface area contributed by atoms with Crippen molar-refractivity contribution in [1.29, 1.82) is 0 Å². The molecule has 5 aromatic rings. The van der Waals surface area contributed by atoms with E-state index < -0.39 is 18.0 Å². The summed E-state index contributed by atoms with van der Waals surface area (Å²) in [6, 6.07) is 28.7. The van der Waals surface area contributed by atoms with Gasteiger partial charge in [0.2, 0.25) is 5.91 Å². The Hall–Kier alpha value is -4.01. The second-order valence-electron chi connectivity index (χ2n) is 9.91. The largest absolute Gasteiger partial charge is 0.464 e. The van der Waals surface area contributed by atoms with E-state index in [2.05, 4.69) is 5.32 Å². The van der Waals surface area contributed by atoms with E-state index in [0.29, 0.717) is 22.6 Å². The third-order valence-corrected chi connectivity index (χ3v) is 8.35. The fourth-order valence-electron chi connectivity index (χ4n) is 5.46. The summed E-state index contributed by atoms with van der Waals surface area (Å²) < 4.78 is 8.40. The molecule has 0 saturated carbocycles. The van der Waals surface area contributed by atoms with Crippen LogP contribution in [0.3, 0.4) is 0 Å². The maximum Gasteiger partial charge on any atom is 0.236 e. The fourth-order valence-corrected chi connectivity index (χ4v) is 6.05. The molecular formula is C32H27Cl2N3O4. The van der Waals surface area contributed by atoms with Gasteiger partial charge in [0.25, 0.3) is 0 Å². The van der Waals surface area contributed by atoms with Gasteiger partial charge in [0.1, 0.15) is 5.58 Å². The number of nitrogens with zero attached hydrogens (tertiary/aromatic N) is 2. The monoisotopic (exact) mass is 587 g/mol. The zero-order valence-corrected chi connectivity index (χ0v) is 23.3. The van der Waals surface area contributed by atoms with Crippen LogP contribution in [0.5, 0.6) is 0 Å². The molecule has 41 heavy (non-hydrogen) atoms. The van der Waals surface area contributed by atoms with Gasteiger partial charge in [-0.2, -0.15) is 0 Å². The van der Waals surface area contributed by atoms with Crippen LogP contribution >= 0.6 is 23.6 Å². The first kappa shape index (κ1) is 27.2. The molecule has 0 radical (unpaired) electrons. The second kappa shape index (κ2) is 11.5. The zero-order chi connectivity index (χ0) is 28.5. The molecule has 1 aliphatic heterocycles. The van der Waals surface area contributed by atoms with Crippen molar-refractivity contribution >= 4 is 57.5 Å². The van der Waals surface area contributed by atoms with Crippen molar-refractivity contribution in [3.05, 3.63) is 126 Å². The maximum absolute atomic E-state index is 13.6. The van der Waals surface area contributed by atoms with Gasteiger partial charge in [0.15, 0.2) is 0 Å². The molecule has 1 amide bonds. The molecule has 6 rings (SSSR count). The van der Waals surface area contributed by atoms with E-state index in [1.807, 2.05) is 84.9 Å². The van der Waals surface area contributed by atoms with E-state index in [1.165, 1.54) is 8.84 Å². The van der Waals surface area contributed by atoms with Crippen LogP contribution < -0.4 is 14.2 Å².